The van der Waals surface area contributed by atoms with E-state index in [4.69, 9.17) is 5.73 Å². The molecule has 1 aromatic rings. The molecule has 0 aromatic heterocycles. The second-order valence-corrected chi connectivity index (χ2v) is 7.84. The first kappa shape index (κ1) is 16.7. The molecule has 4 nitrogen and oxygen atoms in total. The van der Waals surface area contributed by atoms with Crippen LogP contribution in [0.15, 0.2) is 24.3 Å². The lowest BCUT2D eigenvalue weighted by Crippen LogP contribution is -2.39. The molecule has 2 fully saturated rings. The van der Waals surface area contributed by atoms with E-state index in [0.29, 0.717) is 6.04 Å². The summed E-state index contributed by atoms with van der Waals surface area (Å²) in [5.41, 5.74) is 7.97. The van der Waals surface area contributed by atoms with Crippen LogP contribution in [0.4, 0.5) is 5.69 Å². The third-order valence-electron chi connectivity index (χ3n) is 4.83. The van der Waals surface area contributed by atoms with E-state index in [2.05, 4.69) is 46.2 Å². The summed E-state index contributed by atoms with van der Waals surface area (Å²) in [6, 6.07) is 9.13. The minimum absolute atomic E-state index is 0.0921. The summed E-state index contributed by atoms with van der Waals surface area (Å²) in [4.78, 5) is 13.7. The lowest BCUT2D eigenvalue weighted by Gasteiger charge is -2.23. The molecule has 2 aliphatic rings. The number of benzene rings is 1. The van der Waals surface area contributed by atoms with Gasteiger partial charge in [-0.1, -0.05) is 12.1 Å². The smallest absolute Gasteiger partial charge is 0.234 e. The van der Waals surface area contributed by atoms with Gasteiger partial charge in [-0.2, -0.15) is 11.8 Å². The topological polar surface area (TPSA) is 58.4 Å². The lowest BCUT2D eigenvalue weighted by molar-refractivity contribution is -0.122. The zero-order valence-corrected chi connectivity index (χ0v) is 14.5. The summed E-state index contributed by atoms with van der Waals surface area (Å²) in [7, 11) is 0. The van der Waals surface area contributed by atoms with Crippen LogP contribution in [-0.4, -0.2) is 40.9 Å². The Balaban J connectivity index is 1.61. The van der Waals surface area contributed by atoms with E-state index >= 15 is 0 Å². The first-order chi connectivity index (χ1) is 11.2. The van der Waals surface area contributed by atoms with Gasteiger partial charge in [0.1, 0.15) is 0 Å². The number of hydrogen-bond acceptors (Lipinski definition) is 4. The molecule has 5 heteroatoms. The minimum atomic E-state index is -0.187. The van der Waals surface area contributed by atoms with Crippen molar-refractivity contribution >= 4 is 23.4 Å². The van der Waals surface area contributed by atoms with E-state index in [0.717, 1.165) is 25.9 Å². The van der Waals surface area contributed by atoms with Gasteiger partial charge < -0.3 is 11.1 Å². The van der Waals surface area contributed by atoms with Gasteiger partial charge in [0.25, 0.3) is 0 Å². The van der Waals surface area contributed by atoms with E-state index in [1.165, 1.54) is 42.0 Å². The largest absolute Gasteiger partial charge is 0.382 e. The molecule has 1 amide bonds. The van der Waals surface area contributed by atoms with Crippen molar-refractivity contribution in [3.8, 4) is 0 Å². The number of likely N-dealkylation sites (tertiary alicyclic amines) is 1. The Bertz CT molecular complexity index is 529. The molecule has 0 spiro atoms. The summed E-state index contributed by atoms with van der Waals surface area (Å²) in [5, 5.41) is 3.70. The molecular formula is C18H27N3OS. The molecule has 0 unspecified atom stereocenters. The summed E-state index contributed by atoms with van der Waals surface area (Å²) >= 11 is 2.07. The highest BCUT2D eigenvalue weighted by Crippen LogP contribution is 2.23. The number of rotatable bonds is 5. The highest BCUT2D eigenvalue weighted by atomic mass is 32.2. The van der Waals surface area contributed by atoms with Gasteiger partial charge in [0, 0.05) is 18.3 Å². The molecular weight excluding hydrogens is 306 g/mol. The molecule has 3 N–H and O–H groups in total. The maximum atomic E-state index is 11.5. The SMILES string of the molecule is NC(=O)[C@H]1CCCN1Cc1cccc(N[C@@H]2CCCSCC2)c1. The van der Waals surface area contributed by atoms with Gasteiger partial charge in [-0.05, 0) is 67.9 Å². The van der Waals surface area contributed by atoms with Crippen molar-refractivity contribution < 1.29 is 4.79 Å². The van der Waals surface area contributed by atoms with E-state index in [1.54, 1.807) is 0 Å². The van der Waals surface area contributed by atoms with E-state index in [-0.39, 0.29) is 11.9 Å². The highest BCUT2D eigenvalue weighted by molar-refractivity contribution is 7.99. The van der Waals surface area contributed by atoms with Gasteiger partial charge in [-0.25, -0.2) is 0 Å². The Morgan fingerprint density at radius 2 is 2.17 bits per heavy atom. The van der Waals surface area contributed by atoms with E-state index in [9.17, 15) is 4.79 Å². The molecule has 0 saturated carbocycles. The van der Waals surface area contributed by atoms with Crippen LogP contribution in [0.2, 0.25) is 0 Å². The van der Waals surface area contributed by atoms with Crippen LogP contribution >= 0.6 is 11.8 Å². The van der Waals surface area contributed by atoms with Crippen LogP contribution in [0, 0.1) is 0 Å². The minimum Gasteiger partial charge on any atom is -0.382 e. The summed E-state index contributed by atoms with van der Waals surface area (Å²) < 4.78 is 0. The van der Waals surface area contributed by atoms with Crippen molar-refractivity contribution in [1.29, 1.82) is 0 Å². The number of amides is 1. The Hall–Kier alpha value is -1.20. The van der Waals surface area contributed by atoms with Crippen molar-refractivity contribution in [3.05, 3.63) is 29.8 Å². The number of carbonyl (C=O) groups excluding carboxylic acids is 1. The molecule has 2 aliphatic heterocycles. The first-order valence-electron chi connectivity index (χ1n) is 8.69. The zero-order valence-electron chi connectivity index (χ0n) is 13.7. The van der Waals surface area contributed by atoms with Gasteiger partial charge in [-0.3, -0.25) is 9.69 Å². The molecule has 23 heavy (non-hydrogen) atoms. The number of nitrogens with one attached hydrogen (secondary N) is 1. The molecule has 1 aromatic carbocycles. The van der Waals surface area contributed by atoms with Crippen molar-refractivity contribution in [2.45, 2.75) is 50.7 Å². The van der Waals surface area contributed by atoms with Crippen LogP contribution in [0.1, 0.15) is 37.7 Å². The molecule has 2 heterocycles. The fraction of sp³-hybridized carbons (Fsp3) is 0.611. The fourth-order valence-corrected chi connectivity index (χ4v) is 4.64. The van der Waals surface area contributed by atoms with Gasteiger partial charge in [-0.15, -0.1) is 0 Å². The van der Waals surface area contributed by atoms with Crippen molar-refractivity contribution in [2.24, 2.45) is 5.73 Å². The number of carbonyl (C=O) groups is 1. The Kier molecular flexibility index (Phi) is 5.84. The molecule has 0 aliphatic carbocycles. The number of primary amides is 1. The Labute approximate surface area is 143 Å². The van der Waals surface area contributed by atoms with Gasteiger partial charge in [0.2, 0.25) is 5.91 Å². The number of nitrogens with two attached hydrogens (primary N) is 1. The monoisotopic (exact) mass is 333 g/mol. The van der Waals surface area contributed by atoms with Crippen molar-refractivity contribution in [3.63, 3.8) is 0 Å². The molecule has 2 atom stereocenters. The molecule has 0 bridgehead atoms. The molecule has 126 valence electrons. The van der Waals surface area contributed by atoms with Crippen LogP contribution in [0.5, 0.6) is 0 Å². The summed E-state index contributed by atoms with van der Waals surface area (Å²) in [5.74, 6) is 2.36. The predicted octanol–water partition coefficient (Wildman–Crippen LogP) is 2.83. The van der Waals surface area contributed by atoms with Crippen LogP contribution in [-0.2, 0) is 11.3 Å². The van der Waals surface area contributed by atoms with Crippen molar-refractivity contribution in [2.75, 3.05) is 23.4 Å². The number of nitrogens with zero attached hydrogens (tertiary/aromatic N) is 1. The molecule has 2 saturated heterocycles. The second-order valence-electron chi connectivity index (χ2n) is 6.62. The van der Waals surface area contributed by atoms with Crippen molar-refractivity contribution in [1.82, 2.24) is 4.90 Å². The third kappa shape index (κ3) is 4.64. The maximum absolute atomic E-state index is 11.5. The third-order valence-corrected chi connectivity index (χ3v) is 5.93. The standard InChI is InChI=1S/C18H27N3OS/c19-18(22)17-7-2-9-21(17)13-14-4-1-5-16(12-14)20-15-6-3-10-23-11-8-15/h1,4-5,12,15,17,20H,2-3,6-11,13H2,(H2,19,22)/t15-,17-/m1/s1. The molecule has 3 rings (SSSR count). The van der Waals surface area contributed by atoms with Gasteiger partial charge in [0.15, 0.2) is 0 Å². The average molecular weight is 334 g/mol. The number of thioether (sulfide) groups is 1. The Morgan fingerprint density at radius 3 is 3.04 bits per heavy atom. The predicted molar refractivity (Wildman–Crippen MR) is 97.7 cm³/mol. The van der Waals surface area contributed by atoms with E-state index < -0.39 is 0 Å². The quantitative estimate of drug-likeness (QED) is 0.870. The summed E-state index contributed by atoms with van der Waals surface area (Å²) in [6.07, 6.45) is 5.76. The summed E-state index contributed by atoms with van der Waals surface area (Å²) in [6.45, 7) is 1.77. The normalized spacial score (nSPS) is 25.9. The van der Waals surface area contributed by atoms with Crippen LogP contribution < -0.4 is 11.1 Å². The highest BCUT2D eigenvalue weighted by Gasteiger charge is 2.28. The zero-order chi connectivity index (χ0) is 16.1. The van der Waals surface area contributed by atoms with E-state index in [1.807, 2.05) is 0 Å². The first-order valence-corrected chi connectivity index (χ1v) is 9.84. The van der Waals surface area contributed by atoms with Crippen LogP contribution in [0.25, 0.3) is 0 Å². The fourth-order valence-electron chi connectivity index (χ4n) is 3.62. The number of hydrogen-bond donors (Lipinski definition) is 2. The Morgan fingerprint density at radius 1 is 1.26 bits per heavy atom. The van der Waals surface area contributed by atoms with Gasteiger partial charge >= 0.3 is 0 Å². The number of anilines is 1. The van der Waals surface area contributed by atoms with Gasteiger partial charge in [0.05, 0.1) is 6.04 Å². The average Bonchev–Trinajstić information content (AvgIpc) is 2.84. The molecule has 0 radical (unpaired) electrons. The second kappa shape index (κ2) is 8.06. The lowest BCUT2D eigenvalue weighted by atomic mass is 10.1. The maximum Gasteiger partial charge on any atom is 0.234 e. The van der Waals surface area contributed by atoms with Crippen LogP contribution in [0.3, 0.4) is 0 Å².